The van der Waals surface area contributed by atoms with E-state index < -0.39 is 6.10 Å². The summed E-state index contributed by atoms with van der Waals surface area (Å²) < 4.78 is 20.6. The number of hydrogen-bond donors (Lipinski definition) is 1. The van der Waals surface area contributed by atoms with Crippen molar-refractivity contribution >= 4 is 0 Å². The fraction of sp³-hybridized carbons (Fsp3) is 0.500. The Kier molecular flexibility index (Phi) is 6.51. The van der Waals surface area contributed by atoms with E-state index in [0.717, 1.165) is 24.3 Å². The molecule has 0 radical (unpaired) electrons. The molecule has 1 N–H and O–H groups in total. The first-order valence-electron chi connectivity index (χ1n) is 7.19. The summed E-state index contributed by atoms with van der Waals surface area (Å²) in [7, 11) is 3.16. The molecule has 1 aromatic rings. The molecule has 0 amide bonds. The van der Waals surface area contributed by atoms with Crippen LogP contribution in [0.4, 0.5) is 0 Å². The van der Waals surface area contributed by atoms with E-state index in [9.17, 15) is 5.11 Å². The van der Waals surface area contributed by atoms with Crippen molar-refractivity contribution in [1.82, 2.24) is 4.90 Å². The van der Waals surface area contributed by atoms with Crippen molar-refractivity contribution in [2.45, 2.75) is 12.5 Å². The largest absolute Gasteiger partial charge is 0.470 e. The lowest BCUT2D eigenvalue weighted by Gasteiger charge is -2.20. The number of nitrogens with zero attached hydrogens (tertiary/aromatic N) is 1. The van der Waals surface area contributed by atoms with E-state index in [1.165, 1.54) is 0 Å². The number of aliphatic hydroxyl groups excluding tert-OH is 1. The van der Waals surface area contributed by atoms with Crippen molar-refractivity contribution in [2.75, 3.05) is 40.9 Å². The predicted molar refractivity (Wildman–Crippen MR) is 81.1 cm³/mol. The van der Waals surface area contributed by atoms with Gasteiger partial charge in [-0.3, -0.25) is 0 Å². The first-order chi connectivity index (χ1) is 10.7. The lowest BCUT2D eigenvalue weighted by atomic mass is 10.1. The molecule has 1 aliphatic heterocycles. The second kappa shape index (κ2) is 8.63. The van der Waals surface area contributed by atoms with Gasteiger partial charge in [0.2, 0.25) is 0 Å². The number of rotatable bonds is 9. The first kappa shape index (κ1) is 16.6. The molecule has 0 fully saturated rings. The minimum Gasteiger partial charge on any atom is -0.470 e. The van der Waals surface area contributed by atoms with Crippen LogP contribution < -0.4 is 4.74 Å². The molecular formula is C16H23NO5. The summed E-state index contributed by atoms with van der Waals surface area (Å²) >= 11 is 0. The van der Waals surface area contributed by atoms with Gasteiger partial charge >= 0.3 is 0 Å². The highest BCUT2D eigenvalue weighted by Gasteiger charge is 2.18. The van der Waals surface area contributed by atoms with Crippen molar-refractivity contribution in [3.63, 3.8) is 0 Å². The molecule has 1 heterocycles. The van der Waals surface area contributed by atoms with Gasteiger partial charge in [-0.1, -0.05) is 12.1 Å². The van der Waals surface area contributed by atoms with Gasteiger partial charge in [0.15, 0.2) is 13.6 Å². The van der Waals surface area contributed by atoms with Crippen molar-refractivity contribution in [3.8, 4) is 5.75 Å². The van der Waals surface area contributed by atoms with Crippen LogP contribution in [0.1, 0.15) is 18.1 Å². The van der Waals surface area contributed by atoms with E-state index in [-0.39, 0.29) is 13.6 Å². The molecule has 0 aromatic heterocycles. The van der Waals surface area contributed by atoms with Crippen LogP contribution in [0.3, 0.4) is 0 Å². The van der Waals surface area contributed by atoms with E-state index in [0.29, 0.717) is 12.3 Å². The molecule has 0 aliphatic carbocycles. The zero-order valence-electron chi connectivity index (χ0n) is 13.0. The molecule has 6 nitrogen and oxygen atoms in total. The third-order valence-corrected chi connectivity index (χ3v) is 3.33. The fourth-order valence-corrected chi connectivity index (χ4v) is 2.24. The van der Waals surface area contributed by atoms with Gasteiger partial charge in [-0.15, -0.1) is 0 Å². The summed E-state index contributed by atoms with van der Waals surface area (Å²) in [5.74, 6) is 1.56. The number of ether oxygens (including phenoxy) is 4. The van der Waals surface area contributed by atoms with E-state index in [1.54, 1.807) is 14.2 Å². The SMILES string of the molecule is COCOC1=CN(C[C@H](O)c2cccc(OCOC)c2)CC1. The highest BCUT2D eigenvalue weighted by atomic mass is 16.7. The molecule has 0 spiro atoms. The van der Waals surface area contributed by atoms with Crippen LogP contribution in [0.2, 0.25) is 0 Å². The van der Waals surface area contributed by atoms with Crippen LogP contribution in [-0.4, -0.2) is 50.9 Å². The maximum absolute atomic E-state index is 10.4. The second-order valence-electron chi connectivity index (χ2n) is 5.03. The second-order valence-corrected chi connectivity index (χ2v) is 5.03. The van der Waals surface area contributed by atoms with Crippen LogP contribution in [-0.2, 0) is 14.2 Å². The molecule has 0 unspecified atom stereocenters. The number of hydrogen-bond acceptors (Lipinski definition) is 6. The highest BCUT2D eigenvalue weighted by Crippen LogP contribution is 2.23. The third kappa shape index (κ3) is 4.91. The zero-order chi connectivity index (χ0) is 15.8. The Morgan fingerprint density at radius 3 is 2.73 bits per heavy atom. The molecular weight excluding hydrogens is 286 g/mol. The van der Waals surface area contributed by atoms with Gasteiger partial charge in [0, 0.05) is 39.9 Å². The molecule has 1 aromatic carbocycles. The number of β-amino-alcohol motifs (C(OH)–C–C–N with tert-alkyl or cyclic N) is 1. The number of benzene rings is 1. The first-order valence-corrected chi connectivity index (χ1v) is 7.19. The standard InChI is InChI=1S/C16H23NO5/c1-19-11-21-14-5-3-4-13(8-14)16(18)10-17-7-6-15(9-17)22-12-20-2/h3-5,8-9,16,18H,6-7,10-12H2,1-2H3/t16-/m0/s1. The fourth-order valence-electron chi connectivity index (χ4n) is 2.24. The van der Waals surface area contributed by atoms with Crippen LogP contribution >= 0.6 is 0 Å². The summed E-state index contributed by atoms with van der Waals surface area (Å²) in [6.45, 7) is 1.78. The average molecular weight is 309 g/mol. The van der Waals surface area contributed by atoms with Crippen molar-refractivity contribution < 1.29 is 24.1 Å². The van der Waals surface area contributed by atoms with E-state index in [1.807, 2.05) is 35.4 Å². The molecule has 2 rings (SSSR count). The van der Waals surface area contributed by atoms with E-state index in [2.05, 4.69) is 0 Å². The van der Waals surface area contributed by atoms with Gasteiger partial charge in [0.25, 0.3) is 0 Å². The van der Waals surface area contributed by atoms with E-state index in [4.69, 9.17) is 18.9 Å². The molecule has 1 aliphatic rings. The van der Waals surface area contributed by atoms with Crippen molar-refractivity contribution in [2.24, 2.45) is 0 Å². The molecule has 0 bridgehead atoms. The Morgan fingerprint density at radius 1 is 1.18 bits per heavy atom. The predicted octanol–water partition coefficient (Wildman–Crippen LogP) is 1.87. The minimum absolute atomic E-state index is 0.189. The summed E-state index contributed by atoms with van der Waals surface area (Å²) in [5, 5.41) is 10.4. The van der Waals surface area contributed by atoms with Gasteiger partial charge in [0.05, 0.1) is 6.10 Å². The normalized spacial score (nSPS) is 15.6. The zero-order valence-corrected chi connectivity index (χ0v) is 13.0. The summed E-state index contributed by atoms with van der Waals surface area (Å²) in [4.78, 5) is 2.04. The smallest absolute Gasteiger partial charge is 0.188 e. The Balaban J connectivity index is 1.89. The number of aliphatic hydroxyl groups is 1. The maximum atomic E-state index is 10.4. The molecule has 22 heavy (non-hydrogen) atoms. The topological polar surface area (TPSA) is 60.4 Å². The summed E-state index contributed by atoms with van der Waals surface area (Å²) in [6, 6.07) is 7.40. The third-order valence-electron chi connectivity index (χ3n) is 3.33. The van der Waals surface area contributed by atoms with Gasteiger partial charge < -0.3 is 29.0 Å². The van der Waals surface area contributed by atoms with Gasteiger partial charge in [0.1, 0.15) is 11.5 Å². The Morgan fingerprint density at radius 2 is 1.95 bits per heavy atom. The summed E-state index contributed by atoms with van der Waals surface area (Å²) in [5.41, 5.74) is 0.813. The van der Waals surface area contributed by atoms with E-state index >= 15 is 0 Å². The van der Waals surface area contributed by atoms with Crippen LogP contribution in [0.15, 0.2) is 36.2 Å². The number of methoxy groups -OCH3 is 2. The van der Waals surface area contributed by atoms with Crippen molar-refractivity contribution in [3.05, 3.63) is 41.8 Å². The molecule has 0 saturated carbocycles. The van der Waals surface area contributed by atoms with Crippen LogP contribution in [0.5, 0.6) is 5.75 Å². The highest BCUT2D eigenvalue weighted by molar-refractivity contribution is 5.30. The Hall–Kier alpha value is -1.76. The Labute approximate surface area is 130 Å². The lowest BCUT2D eigenvalue weighted by Crippen LogP contribution is -2.21. The van der Waals surface area contributed by atoms with Crippen LogP contribution in [0, 0.1) is 0 Å². The maximum Gasteiger partial charge on any atom is 0.188 e. The molecule has 6 heteroatoms. The van der Waals surface area contributed by atoms with Crippen molar-refractivity contribution in [1.29, 1.82) is 0 Å². The van der Waals surface area contributed by atoms with Crippen LogP contribution in [0.25, 0.3) is 0 Å². The Bertz CT molecular complexity index is 491. The molecule has 122 valence electrons. The monoisotopic (exact) mass is 309 g/mol. The quantitative estimate of drug-likeness (QED) is 0.703. The van der Waals surface area contributed by atoms with Gasteiger partial charge in [-0.2, -0.15) is 0 Å². The summed E-state index contributed by atoms with van der Waals surface area (Å²) in [6.07, 6.45) is 2.16. The average Bonchev–Trinajstić information content (AvgIpc) is 2.98. The molecule has 1 atom stereocenters. The van der Waals surface area contributed by atoms with Gasteiger partial charge in [-0.25, -0.2) is 0 Å². The minimum atomic E-state index is -0.593. The molecule has 0 saturated heterocycles. The van der Waals surface area contributed by atoms with Gasteiger partial charge in [-0.05, 0) is 17.7 Å². The lowest BCUT2D eigenvalue weighted by molar-refractivity contribution is 0.00396.